The van der Waals surface area contributed by atoms with Gasteiger partial charge in [-0.3, -0.25) is 0 Å². The van der Waals surface area contributed by atoms with Gasteiger partial charge in [-0.05, 0) is 38.0 Å². The van der Waals surface area contributed by atoms with E-state index in [0.717, 1.165) is 18.6 Å². The molecule has 2 atom stereocenters. The van der Waals surface area contributed by atoms with Gasteiger partial charge in [0, 0.05) is 30.6 Å². The second-order valence-electron chi connectivity index (χ2n) is 5.65. The first-order chi connectivity index (χ1) is 10.6. The zero-order valence-corrected chi connectivity index (χ0v) is 13.6. The molecule has 0 aromatic heterocycles. The largest absolute Gasteiger partial charge is 0.488 e. The zero-order chi connectivity index (χ0) is 15.9. The highest BCUT2D eigenvalue weighted by atomic mass is 35.5. The topological polar surface area (TPSA) is 61.8 Å². The molecule has 5 nitrogen and oxygen atoms in total. The van der Waals surface area contributed by atoms with Gasteiger partial charge < -0.3 is 20.1 Å². The second-order valence-corrected chi connectivity index (χ2v) is 6.08. The van der Waals surface area contributed by atoms with Crippen molar-refractivity contribution in [2.24, 2.45) is 0 Å². The van der Waals surface area contributed by atoms with E-state index in [1.54, 1.807) is 17.0 Å². The normalized spacial score (nSPS) is 19.0. The molecule has 1 aromatic rings. The lowest BCUT2D eigenvalue weighted by Crippen LogP contribution is -2.43. The van der Waals surface area contributed by atoms with E-state index in [9.17, 15) is 4.79 Å². The number of hydrogen-bond donors (Lipinski definition) is 2. The molecule has 2 amide bonds. The minimum atomic E-state index is -0.0670. The number of aliphatic hydroxyl groups is 1. The Morgan fingerprint density at radius 2 is 2.41 bits per heavy atom. The van der Waals surface area contributed by atoms with Crippen LogP contribution in [0.15, 0.2) is 24.3 Å². The molecular formula is C16H23ClN2O3. The van der Waals surface area contributed by atoms with Crippen molar-refractivity contribution in [1.29, 1.82) is 0 Å². The molecule has 0 saturated carbocycles. The van der Waals surface area contributed by atoms with Crippen LogP contribution in [0, 0.1) is 0 Å². The first kappa shape index (κ1) is 16.9. The van der Waals surface area contributed by atoms with E-state index in [1.165, 1.54) is 0 Å². The van der Waals surface area contributed by atoms with E-state index >= 15 is 0 Å². The molecule has 2 N–H and O–H groups in total. The number of ether oxygens (including phenoxy) is 1. The molecule has 0 bridgehead atoms. The Kier molecular flexibility index (Phi) is 6.34. The standard InChI is InChI=1S/C16H23ClN2O3/c1-12(4-3-9-20)18-16(21)19-8-7-15(11-19)22-14-6-2-5-13(17)10-14/h2,5-6,10,12,15,20H,3-4,7-9,11H2,1H3,(H,18,21). The average Bonchev–Trinajstić information content (AvgIpc) is 2.93. The van der Waals surface area contributed by atoms with Gasteiger partial charge >= 0.3 is 6.03 Å². The van der Waals surface area contributed by atoms with Gasteiger partial charge in [-0.2, -0.15) is 0 Å². The maximum atomic E-state index is 12.1. The van der Waals surface area contributed by atoms with Crippen LogP contribution < -0.4 is 10.1 Å². The predicted molar refractivity (Wildman–Crippen MR) is 86.4 cm³/mol. The number of likely N-dealkylation sites (tertiary alicyclic amines) is 1. The number of carbonyl (C=O) groups excluding carboxylic acids is 1. The quantitative estimate of drug-likeness (QED) is 0.845. The minimum Gasteiger partial charge on any atom is -0.488 e. The molecule has 1 aliphatic heterocycles. The van der Waals surface area contributed by atoms with E-state index in [2.05, 4.69) is 5.32 Å². The molecular weight excluding hydrogens is 304 g/mol. The number of benzene rings is 1. The number of carbonyl (C=O) groups is 1. The number of rotatable bonds is 6. The first-order valence-corrected chi connectivity index (χ1v) is 8.05. The third-order valence-electron chi connectivity index (χ3n) is 3.70. The summed E-state index contributed by atoms with van der Waals surface area (Å²) in [4.78, 5) is 13.9. The monoisotopic (exact) mass is 326 g/mol. The van der Waals surface area contributed by atoms with Crippen LogP contribution in [0.2, 0.25) is 5.02 Å². The van der Waals surface area contributed by atoms with Crippen molar-refractivity contribution in [3.63, 3.8) is 0 Å². The number of urea groups is 1. The summed E-state index contributed by atoms with van der Waals surface area (Å²) in [7, 11) is 0. The van der Waals surface area contributed by atoms with E-state index in [0.29, 0.717) is 24.5 Å². The number of hydrogen-bond acceptors (Lipinski definition) is 3. The van der Waals surface area contributed by atoms with Crippen molar-refractivity contribution < 1.29 is 14.6 Å². The highest BCUT2D eigenvalue weighted by Crippen LogP contribution is 2.21. The summed E-state index contributed by atoms with van der Waals surface area (Å²) in [6, 6.07) is 7.29. The van der Waals surface area contributed by atoms with Crippen molar-refractivity contribution in [2.75, 3.05) is 19.7 Å². The number of nitrogens with zero attached hydrogens (tertiary/aromatic N) is 1. The summed E-state index contributed by atoms with van der Waals surface area (Å²) < 4.78 is 5.87. The molecule has 0 aliphatic carbocycles. The fourth-order valence-electron chi connectivity index (χ4n) is 2.51. The fourth-order valence-corrected chi connectivity index (χ4v) is 2.69. The van der Waals surface area contributed by atoms with Gasteiger partial charge in [0.05, 0.1) is 6.54 Å². The Labute approximate surface area is 136 Å². The second kappa shape index (κ2) is 8.25. The molecule has 1 aromatic carbocycles. The van der Waals surface area contributed by atoms with Crippen LogP contribution >= 0.6 is 11.6 Å². The molecule has 2 rings (SSSR count). The van der Waals surface area contributed by atoms with Crippen LogP contribution in [0.1, 0.15) is 26.2 Å². The number of halogens is 1. The summed E-state index contributed by atoms with van der Waals surface area (Å²) in [6.07, 6.45) is 2.28. The lowest BCUT2D eigenvalue weighted by atomic mass is 10.2. The Balaban J connectivity index is 1.78. The SMILES string of the molecule is CC(CCCO)NC(=O)N1CCC(Oc2cccc(Cl)c2)C1. The molecule has 1 heterocycles. The van der Waals surface area contributed by atoms with Crippen LogP contribution in [0.25, 0.3) is 0 Å². The van der Waals surface area contributed by atoms with Crippen LogP contribution in [0.5, 0.6) is 5.75 Å². The summed E-state index contributed by atoms with van der Waals surface area (Å²) in [5.74, 6) is 0.732. The Morgan fingerprint density at radius 1 is 1.59 bits per heavy atom. The summed E-state index contributed by atoms with van der Waals surface area (Å²) in [5, 5.41) is 12.4. The van der Waals surface area contributed by atoms with Gasteiger partial charge in [0.1, 0.15) is 11.9 Å². The minimum absolute atomic E-state index is 0.00281. The molecule has 0 radical (unpaired) electrons. The summed E-state index contributed by atoms with van der Waals surface area (Å²) in [5.41, 5.74) is 0. The third-order valence-corrected chi connectivity index (χ3v) is 3.93. The molecule has 2 unspecified atom stereocenters. The number of amides is 2. The Bertz CT molecular complexity index is 498. The van der Waals surface area contributed by atoms with Crippen LogP contribution in [-0.2, 0) is 0 Å². The van der Waals surface area contributed by atoms with Gasteiger partial charge in [-0.15, -0.1) is 0 Å². The fraction of sp³-hybridized carbons (Fsp3) is 0.562. The summed E-state index contributed by atoms with van der Waals surface area (Å²) >= 11 is 5.94. The highest BCUT2D eigenvalue weighted by Gasteiger charge is 2.28. The smallest absolute Gasteiger partial charge is 0.317 e. The molecule has 22 heavy (non-hydrogen) atoms. The van der Waals surface area contributed by atoms with Gasteiger partial charge in [-0.25, -0.2) is 4.79 Å². The molecule has 1 saturated heterocycles. The molecule has 1 fully saturated rings. The lowest BCUT2D eigenvalue weighted by molar-refractivity contribution is 0.183. The highest BCUT2D eigenvalue weighted by molar-refractivity contribution is 6.30. The number of nitrogens with one attached hydrogen (secondary N) is 1. The van der Waals surface area contributed by atoms with Gasteiger partial charge in [0.2, 0.25) is 0 Å². The molecule has 122 valence electrons. The average molecular weight is 327 g/mol. The molecule has 6 heteroatoms. The first-order valence-electron chi connectivity index (χ1n) is 7.67. The van der Waals surface area contributed by atoms with E-state index in [-0.39, 0.29) is 24.8 Å². The number of aliphatic hydroxyl groups excluding tert-OH is 1. The van der Waals surface area contributed by atoms with E-state index in [4.69, 9.17) is 21.4 Å². The van der Waals surface area contributed by atoms with Crippen molar-refractivity contribution in [3.8, 4) is 5.75 Å². The van der Waals surface area contributed by atoms with Crippen LogP contribution in [0.3, 0.4) is 0 Å². The molecule has 0 spiro atoms. The summed E-state index contributed by atoms with van der Waals surface area (Å²) in [6.45, 7) is 3.36. The van der Waals surface area contributed by atoms with Crippen molar-refractivity contribution in [3.05, 3.63) is 29.3 Å². The van der Waals surface area contributed by atoms with Gasteiger partial charge in [-0.1, -0.05) is 17.7 Å². The van der Waals surface area contributed by atoms with Crippen molar-refractivity contribution in [1.82, 2.24) is 10.2 Å². The maximum Gasteiger partial charge on any atom is 0.317 e. The van der Waals surface area contributed by atoms with Gasteiger partial charge in [0.15, 0.2) is 0 Å². The predicted octanol–water partition coefficient (Wildman–Crippen LogP) is 2.66. The van der Waals surface area contributed by atoms with Gasteiger partial charge in [0.25, 0.3) is 0 Å². The third kappa shape index (κ3) is 5.07. The van der Waals surface area contributed by atoms with E-state index in [1.807, 2.05) is 19.1 Å². The molecule has 1 aliphatic rings. The lowest BCUT2D eigenvalue weighted by Gasteiger charge is -2.21. The van der Waals surface area contributed by atoms with E-state index < -0.39 is 0 Å². The Hall–Kier alpha value is -1.46. The maximum absolute atomic E-state index is 12.1. The van der Waals surface area contributed by atoms with Crippen molar-refractivity contribution >= 4 is 17.6 Å². The Morgan fingerprint density at radius 3 is 3.14 bits per heavy atom. The van der Waals surface area contributed by atoms with Crippen LogP contribution in [-0.4, -0.2) is 47.9 Å². The zero-order valence-electron chi connectivity index (χ0n) is 12.8. The van der Waals surface area contributed by atoms with Crippen molar-refractivity contribution in [2.45, 2.75) is 38.3 Å². The van der Waals surface area contributed by atoms with Crippen LogP contribution in [0.4, 0.5) is 4.79 Å².